The minimum atomic E-state index is -0.449. The molecule has 0 aliphatic heterocycles. The number of para-hydroxylation sites is 1. The van der Waals surface area contributed by atoms with E-state index in [2.05, 4.69) is 21.2 Å². The fraction of sp³-hybridized carbons (Fsp3) is 0.133. The zero-order valence-corrected chi connectivity index (χ0v) is 13.1. The number of carbonyl (C=O) groups excluding carboxylic acids is 1. The summed E-state index contributed by atoms with van der Waals surface area (Å²) in [5.74, 6) is -0.565. The average molecular weight is 353 g/mol. The smallest absolute Gasteiger partial charge is 0.259 e. The molecule has 0 spiro atoms. The Labute approximate surface area is 130 Å². The summed E-state index contributed by atoms with van der Waals surface area (Å²) < 4.78 is 19.1. The second kappa shape index (κ2) is 6.13. The van der Waals surface area contributed by atoms with Crippen LogP contribution in [0.3, 0.4) is 0 Å². The largest absolute Gasteiger partial charge is 0.494 e. The number of hydrogen-bond donors (Lipinski definition) is 2. The van der Waals surface area contributed by atoms with Gasteiger partial charge in [0.05, 0.1) is 22.8 Å². The zero-order chi connectivity index (χ0) is 15.6. The Morgan fingerprint density at radius 3 is 2.76 bits per heavy atom. The number of aryl methyl sites for hydroxylation is 1. The van der Waals surface area contributed by atoms with E-state index in [1.807, 2.05) is 0 Å². The van der Waals surface area contributed by atoms with Gasteiger partial charge in [0.25, 0.3) is 5.91 Å². The van der Waals surface area contributed by atoms with Crippen molar-refractivity contribution in [3.05, 3.63) is 51.7 Å². The fourth-order valence-electron chi connectivity index (χ4n) is 1.93. The number of carbonyl (C=O) groups is 1. The highest BCUT2D eigenvalue weighted by molar-refractivity contribution is 9.10. The van der Waals surface area contributed by atoms with Crippen LogP contribution < -0.4 is 15.8 Å². The lowest BCUT2D eigenvalue weighted by molar-refractivity contribution is 0.102. The molecule has 0 aliphatic carbocycles. The normalized spacial score (nSPS) is 10.3. The van der Waals surface area contributed by atoms with Crippen LogP contribution in [0.25, 0.3) is 0 Å². The summed E-state index contributed by atoms with van der Waals surface area (Å²) in [5.41, 5.74) is 7.55. The number of rotatable bonds is 3. The molecule has 2 aromatic carbocycles. The SMILES string of the molecule is COc1c(N)cccc1C(=O)Nc1cc(F)c(Br)cc1C. The summed E-state index contributed by atoms with van der Waals surface area (Å²) >= 11 is 3.10. The number of methoxy groups -OCH3 is 1. The first kappa shape index (κ1) is 15.3. The van der Waals surface area contributed by atoms with Gasteiger partial charge in [-0.2, -0.15) is 0 Å². The average Bonchev–Trinajstić information content (AvgIpc) is 2.44. The molecule has 2 rings (SSSR count). The number of nitrogen functional groups attached to an aromatic ring is 1. The number of anilines is 2. The molecule has 0 atom stereocenters. The van der Waals surface area contributed by atoms with E-state index in [1.54, 1.807) is 31.2 Å². The van der Waals surface area contributed by atoms with E-state index in [-0.39, 0.29) is 0 Å². The molecule has 0 unspecified atom stereocenters. The van der Waals surface area contributed by atoms with E-state index in [4.69, 9.17) is 10.5 Å². The van der Waals surface area contributed by atoms with Crippen molar-refractivity contribution in [1.29, 1.82) is 0 Å². The van der Waals surface area contributed by atoms with Gasteiger partial charge in [0.1, 0.15) is 5.82 Å². The monoisotopic (exact) mass is 352 g/mol. The Morgan fingerprint density at radius 2 is 2.10 bits per heavy atom. The third-order valence-corrected chi connectivity index (χ3v) is 3.62. The standard InChI is InChI=1S/C15H14BrFN2O2/c1-8-6-10(16)11(17)7-13(8)19-15(20)9-4-3-5-12(18)14(9)21-2/h3-7H,18H2,1-2H3,(H,19,20). The second-order valence-electron chi connectivity index (χ2n) is 4.46. The molecular weight excluding hydrogens is 339 g/mol. The number of nitrogens with one attached hydrogen (secondary N) is 1. The summed E-state index contributed by atoms with van der Waals surface area (Å²) in [6, 6.07) is 7.74. The number of nitrogens with two attached hydrogens (primary N) is 1. The maximum atomic E-state index is 13.6. The van der Waals surface area contributed by atoms with Crippen LogP contribution in [0.15, 0.2) is 34.8 Å². The highest BCUT2D eigenvalue weighted by atomic mass is 79.9. The third-order valence-electron chi connectivity index (χ3n) is 3.01. The molecule has 6 heteroatoms. The molecule has 3 N–H and O–H groups in total. The van der Waals surface area contributed by atoms with Crippen LogP contribution in [-0.4, -0.2) is 13.0 Å². The van der Waals surface area contributed by atoms with E-state index in [0.717, 1.165) is 5.56 Å². The maximum Gasteiger partial charge on any atom is 0.259 e. The van der Waals surface area contributed by atoms with E-state index in [9.17, 15) is 9.18 Å². The third kappa shape index (κ3) is 3.16. The first-order valence-electron chi connectivity index (χ1n) is 6.13. The van der Waals surface area contributed by atoms with E-state index >= 15 is 0 Å². The van der Waals surface area contributed by atoms with Crippen molar-refractivity contribution in [3.8, 4) is 5.75 Å². The zero-order valence-electron chi connectivity index (χ0n) is 11.5. The Bertz CT molecular complexity index is 704. The summed E-state index contributed by atoms with van der Waals surface area (Å²) in [5, 5.41) is 2.66. The topological polar surface area (TPSA) is 64.3 Å². The van der Waals surface area contributed by atoms with Crippen LogP contribution in [0.1, 0.15) is 15.9 Å². The van der Waals surface area contributed by atoms with Gasteiger partial charge in [-0.1, -0.05) is 6.07 Å². The lowest BCUT2D eigenvalue weighted by atomic mass is 10.1. The van der Waals surface area contributed by atoms with E-state index in [0.29, 0.717) is 27.2 Å². The van der Waals surface area contributed by atoms with Gasteiger partial charge in [-0.15, -0.1) is 0 Å². The molecule has 0 aliphatic rings. The van der Waals surface area contributed by atoms with Crippen molar-refractivity contribution in [2.45, 2.75) is 6.92 Å². The van der Waals surface area contributed by atoms with Crippen molar-refractivity contribution in [2.24, 2.45) is 0 Å². The summed E-state index contributed by atoms with van der Waals surface area (Å²) in [6.07, 6.45) is 0. The van der Waals surface area contributed by atoms with Gasteiger partial charge >= 0.3 is 0 Å². The Hall–Kier alpha value is -2.08. The fourth-order valence-corrected chi connectivity index (χ4v) is 2.39. The molecule has 0 fully saturated rings. The van der Waals surface area contributed by atoms with Gasteiger partial charge in [-0.3, -0.25) is 4.79 Å². The molecule has 110 valence electrons. The van der Waals surface area contributed by atoms with Crippen LogP contribution in [0.4, 0.5) is 15.8 Å². The molecule has 0 saturated heterocycles. The van der Waals surface area contributed by atoms with Crippen LogP contribution in [0, 0.1) is 12.7 Å². The van der Waals surface area contributed by atoms with Gasteiger partial charge in [-0.25, -0.2) is 4.39 Å². The van der Waals surface area contributed by atoms with E-state index < -0.39 is 11.7 Å². The van der Waals surface area contributed by atoms with Crippen molar-refractivity contribution in [1.82, 2.24) is 0 Å². The van der Waals surface area contributed by atoms with Crippen molar-refractivity contribution >= 4 is 33.2 Å². The van der Waals surface area contributed by atoms with Gasteiger partial charge in [0.15, 0.2) is 5.75 Å². The van der Waals surface area contributed by atoms with Gasteiger partial charge in [0.2, 0.25) is 0 Å². The number of halogens is 2. The molecular formula is C15H14BrFN2O2. The highest BCUT2D eigenvalue weighted by Gasteiger charge is 2.16. The molecule has 0 aromatic heterocycles. The first-order chi connectivity index (χ1) is 9.93. The number of ether oxygens (including phenoxy) is 1. The van der Waals surface area contributed by atoms with E-state index in [1.165, 1.54) is 13.2 Å². The Kier molecular flexibility index (Phi) is 4.47. The Morgan fingerprint density at radius 1 is 1.38 bits per heavy atom. The quantitative estimate of drug-likeness (QED) is 0.827. The number of amides is 1. The first-order valence-corrected chi connectivity index (χ1v) is 6.92. The lowest BCUT2D eigenvalue weighted by Gasteiger charge is -2.13. The van der Waals surface area contributed by atoms with Crippen LogP contribution in [-0.2, 0) is 0 Å². The maximum absolute atomic E-state index is 13.6. The van der Waals surface area contributed by atoms with Gasteiger partial charge in [0, 0.05) is 5.69 Å². The van der Waals surface area contributed by atoms with Crippen LogP contribution in [0.5, 0.6) is 5.75 Å². The van der Waals surface area contributed by atoms with Gasteiger partial charge < -0.3 is 15.8 Å². The second-order valence-corrected chi connectivity index (χ2v) is 5.32. The Balaban J connectivity index is 2.35. The predicted octanol–water partition coefficient (Wildman–Crippen LogP) is 3.74. The van der Waals surface area contributed by atoms with Crippen molar-refractivity contribution in [3.63, 3.8) is 0 Å². The molecule has 2 aromatic rings. The summed E-state index contributed by atoms with van der Waals surface area (Å²) in [4.78, 5) is 12.3. The molecule has 0 radical (unpaired) electrons. The molecule has 1 amide bonds. The minimum absolute atomic E-state index is 0.292. The molecule has 4 nitrogen and oxygen atoms in total. The molecule has 21 heavy (non-hydrogen) atoms. The predicted molar refractivity (Wildman–Crippen MR) is 84.2 cm³/mol. The summed E-state index contributed by atoms with van der Waals surface area (Å²) in [7, 11) is 1.44. The van der Waals surface area contributed by atoms with Crippen LogP contribution in [0.2, 0.25) is 0 Å². The highest BCUT2D eigenvalue weighted by Crippen LogP contribution is 2.28. The minimum Gasteiger partial charge on any atom is -0.494 e. The molecule has 0 saturated carbocycles. The van der Waals surface area contributed by atoms with Crippen molar-refractivity contribution < 1.29 is 13.9 Å². The van der Waals surface area contributed by atoms with Gasteiger partial charge in [-0.05, 0) is 52.7 Å². The van der Waals surface area contributed by atoms with Crippen molar-refractivity contribution in [2.75, 3.05) is 18.2 Å². The molecule has 0 heterocycles. The number of hydrogen-bond acceptors (Lipinski definition) is 3. The number of benzene rings is 2. The summed E-state index contributed by atoms with van der Waals surface area (Å²) in [6.45, 7) is 1.77. The van der Waals surface area contributed by atoms with Crippen LogP contribution >= 0.6 is 15.9 Å². The lowest BCUT2D eigenvalue weighted by Crippen LogP contribution is -2.15. The molecule has 0 bridgehead atoms.